The smallest absolute Gasteiger partial charge is 0.0680 e. The molecule has 0 unspecified atom stereocenters. The summed E-state index contributed by atoms with van der Waals surface area (Å²) in [5, 5.41) is 8.39. The van der Waals surface area contributed by atoms with Crippen LogP contribution in [0.1, 0.15) is 19.3 Å². The van der Waals surface area contributed by atoms with Crippen LogP contribution in [-0.4, -0.2) is 31.5 Å². The Labute approximate surface area is 67.2 Å². The average molecular weight is 163 g/mol. The highest BCUT2D eigenvalue weighted by atomic mass is 16.6. The molecule has 4 heteroatoms. The summed E-state index contributed by atoms with van der Waals surface area (Å²) in [5.41, 5.74) is 0. The van der Waals surface area contributed by atoms with Crippen molar-refractivity contribution in [2.45, 2.75) is 19.3 Å². The van der Waals surface area contributed by atoms with Crippen molar-refractivity contribution >= 4 is 0 Å². The Morgan fingerprint density at radius 1 is 1.00 bits per heavy atom. The second-order valence-corrected chi connectivity index (χ2v) is 2.27. The Kier molecular flexibility index (Phi) is 9.70. The lowest BCUT2D eigenvalue weighted by atomic mass is 10.3. The fourth-order valence-electron chi connectivity index (χ4n) is 0.658. The van der Waals surface area contributed by atoms with Gasteiger partial charge >= 0.3 is 0 Å². The van der Waals surface area contributed by atoms with Crippen LogP contribution in [0, 0.1) is 0 Å². The van der Waals surface area contributed by atoms with E-state index in [-0.39, 0.29) is 6.61 Å². The standard InChI is InChI=1S/C7H17NO3/c8-11-7-2-1-5-10-6-3-4-9/h9H,1-8H2. The molecule has 0 aliphatic rings. The van der Waals surface area contributed by atoms with Crippen molar-refractivity contribution in [2.24, 2.45) is 5.90 Å². The van der Waals surface area contributed by atoms with Crippen molar-refractivity contribution in [3.8, 4) is 0 Å². The summed E-state index contributed by atoms with van der Waals surface area (Å²) in [6.07, 6.45) is 2.60. The Bertz CT molecular complexity index is 62.7. The largest absolute Gasteiger partial charge is 0.396 e. The molecule has 0 amide bonds. The molecule has 11 heavy (non-hydrogen) atoms. The fraction of sp³-hybridized carbons (Fsp3) is 1.00. The molecule has 4 nitrogen and oxygen atoms in total. The monoisotopic (exact) mass is 163 g/mol. The number of unbranched alkanes of at least 4 members (excludes halogenated alkanes) is 1. The molecule has 3 N–H and O–H groups in total. The van der Waals surface area contributed by atoms with Gasteiger partial charge in [0.2, 0.25) is 0 Å². The van der Waals surface area contributed by atoms with Gasteiger partial charge in [-0.25, -0.2) is 5.90 Å². The first-order chi connectivity index (χ1) is 5.41. The van der Waals surface area contributed by atoms with Gasteiger partial charge in [-0.1, -0.05) is 0 Å². The van der Waals surface area contributed by atoms with Crippen LogP contribution in [0.4, 0.5) is 0 Å². The molecule has 0 aromatic rings. The van der Waals surface area contributed by atoms with Crippen LogP contribution in [0.25, 0.3) is 0 Å². The molecule has 0 atom stereocenters. The van der Waals surface area contributed by atoms with Crippen LogP contribution >= 0.6 is 0 Å². The summed E-state index contributed by atoms with van der Waals surface area (Å²) >= 11 is 0. The summed E-state index contributed by atoms with van der Waals surface area (Å²) < 4.78 is 5.16. The van der Waals surface area contributed by atoms with Gasteiger partial charge < -0.3 is 14.7 Å². The van der Waals surface area contributed by atoms with E-state index in [4.69, 9.17) is 15.7 Å². The van der Waals surface area contributed by atoms with Crippen molar-refractivity contribution in [3.05, 3.63) is 0 Å². The topological polar surface area (TPSA) is 64.7 Å². The van der Waals surface area contributed by atoms with E-state index in [9.17, 15) is 0 Å². The third kappa shape index (κ3) is 9.84. The highest BCUT2D eigenvalue weighted by Crippen LogP contribution is 1.90. The van der Waals surface area contributed by atoms with Gasteiger partial charge in [0.25, 0.3) is 0 Å². The van der Waals surface area contributed by atoms with Crippen LogP contribution in [0.2, 0.25) is 0 Å². The van der Waals surface area contributed by atoms with Crippen LogP contribution in [0.3, 0.4) is 0 Å². The predicted octanol–water partition coefficient (Wildman–Crippen LogP) is 0.0559. The van der Waals surface area contributed by atoms with E-state index in [0.29, 0.717) is 19.6 Å². The lowest BCUT2D eigenvalue weighted by Crippen LogP contribution is -2.03. The number of nitrogens with two attached hydrogens (primary N) is 1. The molecular weight excluding hydrogens is 146 g/mol. The molecule has 0 saturated heterocycles. The minimum Gasteiger partial charge on any atom is -0.396 e. The van der Waals surface area contributed by atoms with Gasteiger partial charge in [-0.2, -0.15) is 0 Å². The van der Waals surface area contributed by atoms with Gasteiger partial charge in [-0.3, -0.25) is 0 Å². The van der Waals surface area contributed by atoms with E-state index >= 15 is 0 Å². The molecule has 0 aromatic heterocycles. The van der Waals surface area contributed by atoms with Crippen molar-refractivity contribution in [1.82, 2.24) is 0 Å². The maximum Gasteiger partial charge on any atom is 0.0680 e. The number of aliphatic hydroxyl groups excluding tert-OH is 1. The third-order valence-electron chi connectivity index (χ3n) is 1.25. The molecule has 68 valence electrons. The van der Waals surface area contributed by atoms with Gasteiger partial charge in [0, 0.05) is 19.8 Å². The minimum absolute atomic E-state index is 0.200. The number of hydrogen-bond donors (Lipinski definition) is 2. The van der Waals surface area contributed by atoms with Crippen molar-refractivity contribution in [2.75, 3.05) is 26.4 Å². The summed E-state index contributed by atoms with van der Waals surface area (Å²) in [4.78, 5) is 4.37. The molecule has 0 bridgehead atoms. The summed E-state index contributed by atoms with van der Waals surface area (Å²) in [5.74, 6) is 4.82. The number of aliphatic hydroxyl groups is 1. The van der Waals surface area contributed by atoms with Gasteiger partial charge in [-0.15, -0.1) is 0 Å². The molecule has 0 fully saturated rings. The minimum atomic E-state index is 0.200. The van der Waals surface area contributed by atoms with Crippen LogP contribution in [0.15, 0.2) is 0 Å². The molecule has 0 spiro atoms. The first-order valence-corrected chi connectivity index (χ1v) is 3.92. The molecule has 0 radical (unpaired) electrons. The zero-order valence-corrected chi connectivity index (χ0v) is 6.79. The molecule has 0 aliphatic heterocycles. The quantitative estimate of drug-likeness (QED) is 0.392. The van der Waals surface area contributed by atoms with Crippen LogP contribution < -0.4 is 5.90 Å². The fourth-order valence-corrected chi connectivity index (χ4v) is 0.658. The molecular formula is C7H17NO3. The van der Waals surface area contributed by atoms with E-state index in [2.05, 4.69) is 4.84 Å². The Hall–Kier alpha value is -0.160. The lowest BCUT2D eigenvalue weighted by Gasteiger charge is -2.01. The molecule has 0 aromatic carbocycles. The Balaban J connectivity index is 2.69. The second kappa shape index (κ2) is 9.84. The van der Waals surface area contributed by atoms with Gasteiger partial charge in [0.05, 0.1) is 6.61 Å². The Morgan fingerprint density at radius 2 is 1.64 bits per heavy atom. The molecule has 0 rings (SSSR count). The summed E-state index contributed by atoms with van der Waals surface area (Å²) in [6, 6.07) is 0. The maximum atomic E-state index is 8.39. The lowest BCUT2D eigenvalue weighted by molar-refractivity contribution is 0.0952. The van der Waals surface area contributed by atoms with Crippen molar-refractivity contribution < 1.29 is 14.7 Å². The van der Waals surface area contributed by atoms with E-state index in [1.165, 1.54) is 0 Å². The van der Waals surface area contributed by atoms with Crippen molar-refractivity contribution in [1.29, 1.82) is 0 Å². The normalized spacial score (nSPS) is 10.4. The van der Waals surface area contributed by atoms with Gasteiger partial charge in [-0.05, 0) is 19.3 Å². The highest BCUT2D eigenvalue weighted by molar-refractivity contribution is 4.37. The maximum absolute atomic E-state index is 8.39. The van der Waals surface area contributed by atoms with Gasteiger partial charge in [0.15, 0.2) is 0 Å². The van der Waals surface area contributed by atoms with E-state index in [0.717, 1.165) is 19.4 Å². The summed E-state index contributed by atoms with van der Waals surface area (Å²) in [6.45, 7) is 2.15. The number of rotatable bonds is 8. The SMILES string of the molecule is NOCCCCOCCCO. The zero-order chi connectivity index (χ0) is 8.36. The third-order valence-corrected chi connectivity index (χ3v) is 1.25. The van der Waals surface area contributed by atoms with Crippen LogP contribution in [-0.2, 0) is 9.57 Å². The second-order valence-electron chi connectivity index (χ2n) is 2.27. The van der Waals surface area contributed by atoms with Crippen LogP contribution in [0.5, 0.6) is 0 Å². The predicted molar refractivity (Wildman–Crippen MR) is 41.9 cm³/mol. The summed E-state index contributed by atoms with van der Waals surface area (Å²) in [7, 11) is 0. The average Bonchev–Trinajstić information content (AvgIpc) is 2.03. The zero-order valence-electron chi connectivity index (χ0n) is 6.79. The number of hydrogen-bond acceptors (Lipinski definition) is 4. The first-order valence-electron chi connectivity index (χ1n) is 3.92. The van der Waals surface area contributed by atoms with E-state index < -0.39 is 0 Å². The first kappa shape index (κ1) is 10.8. The van der Waals surface area contributed by atoms with Gasteiger partial charge in [0.1, 0.15) is 0 Å². The van der Waals surface area contributed by atoms with Crippen molar-refractivity contribution in [3.63, 3.8) is 0 Å². The number of ether oxygens (including phenoxy) is 1. The highest BCUT2D eigenvalue weighted by Gasteiger charge is 1.88. The molecule has 0 heterocycles. The molecule has 0 saturated carbocycles. The molecule has 0 aliphatic carbocycles. The van der Waals surface area contributed by atoms with E-state index in [1.54, 1.807) is 0 Å². The van der Waals surface area contributed by atoms with E-state index in [1.807, 2.05) is 0 Å². The Morgan fingerprint density at radius 3 is 2.27 bits per heavy atom.